The Balaban J connectivity index is 1.95. The number of ether oxygens (including phenoxy) is 1. The fourth-order valence-corrected chi connectivity index (χ4v) is 2.86. The molecule has 0 aliphatic rings. The number of fused-ring (bicyclic) bond motifs is 3. The summed E-state index contributed by atoms with van der Waals surface area (Å²) >= 11 is 0. The van der Waals surface area contributed by atoms with E-state index in [2.05, 4.69) is 15.3 Å². The first kappa shape index (κ1) is 17.3. The Kier molecular flexibility index (Phi) is 4.03. The molecule has 0 aliphatic heterocycles. The number of nitrogens with zero attached hydrogens (tertiary/aromatic N) is 6. The average Bonchev–Trinajstić information content (AvgIpc) is 3.13. The van der Waals surface area contributed by atoms with Gasteiger partial charge in [-0.15, -0.1) is 10.2 Å². The number of nitro groups is 1. The highest BCUT2D eigenvalue weighted by molar-refractivity contribution is 5.96. The lowest BCUT2D eigenvalue weighted by molar-refractivity contribution is -0.384. The van der Waals surface area contributed by atoms with Crippen LogP contribution < -0.4 is 5.56 Å². The first-order valence-electron chi connectivity index (χ1n) is 8.19. The summed E-state index contributed by atoms with van der Waals surface area (Å²) in [6.07, 6.45) is 2.68. The van der Waals surface area contributed by atoms with E-state index in [1.54, 1.807) is 13.0 Å². The van der Waals surface area contributed by atoms with Crippen LogP contribution in [0.5, 0.6) is 0 Å². The standard InChI is InChI=1S/C17H12N6O5/c1-2-28-17(25)10-9-18-22-13-7-8-21(16(24)14(13)19-20-15(10)22)11-5-3-4-6-12(11)23(26)27/h3-9H,2H2,1H3. The summed E-state index contributed by atoms with van der Waals surface area (Å²) in [5.74, 6) is -0.598. The average molecular weight is 380 g/mol. The first-order valence-corrected chi connectivity index (χ1v) is 8.19. The van der Waals surface area contributed by atoms with Crippen molar-refractivity contribution < 1.29 is 14.5 Å². The van der Waals surface area contributed by atoms with E-state index in [0.717, 1.165) is 4.57 Å². The summed E-state index contributed by atoms with van der Waals surface area (Å²) in [7, 11) is 0. The van der Waals surface area contributed by atoms with Crippen molar-refractivity contribution in [2.24, 2.45) is 0 Å². The molecule has 11 heteroatoms. The number of carbonyl (C=O) groups is 1. The molecule has 3 heterocycles. The SMILES string of the molecule is CCOC(=O)c1cnn2c1nnc1c(=O)n(-c3ccccc3[N+](=O)[O-])ccc12. The number of hydrogen-bond acceptors (Lipinski definition) is 8. The van der Waals surface area contributed by atoms with Crippen LogP contribution in [0.3, 0.4) is 0 Å². The number of rotatable bonds is 4. The number of pyridine rings is 1. The number of aromatic nitrogens is 5. The molecular formula is C17H12N6O5. The third kappa shape index (κ3) is 2.57. The molecule has 0 saturated heterocycles. The number of hydrogen-bond donors (Lipinski definition) is 0. The van der Waals surface area contributed by atoms with Crippen LogP contribution >= 0.6 is 0 Å². The van der Waals surface area contributed by atoms with E-state index in [9.17, 15) is 19.7 Å². The monoisotopic (exact) mass is 380 g/mol. The van der Waals surface area contributed by atoms with Gasteiger partial charge in [-0.1, -0.05) is 12.1 Å². The minimum absolute atomic E-state index is 0.0494. The van der Waals surface area contributed by atoms with Gasteiger partial charge in [0.15, 0.2) is 11.2 Å². The molecule has 1 aromatic carbocycles. The molecule has 0 N–H and O–H groups in total. The molecule has 0 aliphatic carbocycles. The molecule has 0 fully saturated rings. The minimum atomic E-state index is -0.602. The van der Waals surface area contributed by atoms with Gasteiger partial charge in [-0.25, -0.2) is 9.31 Å². The Labute approximate surface area is 155 Å². The van der Waals surface area contributed by atoms with Gasteiger partial charge in [0.25, 0.3) is 11.2 Å². The molecular weight excluding hydrogens is 368 g/mol. The quantitative estimate of drug-likeness (QED) is 0.295. The first-order chi connectivity index (χ1) is 13.5. The van der Waals surface area contributed by atoms with Crippen molar-refractivity contribution in [1.82, 2.24) is 24.4 Å². The van der Waals surface area contributed by atoms with Gasteiger partial charge >= 0.3 is 5.97 Å². The van der Waals surface area contributed by atoms with E-state index in [1.807, 2.05) is 0 Å². The third-order valence-corrected chi connectivity index (χ3v) is 4.10. The molecule has 0 radical (unpaired) electrons. The second-order valence-electron chi connectivity index (χ2n) is 5.68. The van der Waals surface area contributed by atoms with Gasteiger partial charge in [0, 0.05) is 12.3 Å². The van der Waals surface area contributed by atoms with E-state index in [1.165, 1.54) is 41.2 Å². The van der Waals surface area contributed by atoms with Crippen LogP contribution in [-0.4, -0.2) is 41.9 Å². The highest BCUT2D eigenvalue weighted by Gasteiger charge is 2.20. The van der Waals surface area contributed by atoms with Crippen molar-refractivity contribution in [1.29, 1.82) is 0 Å². The molecule has 4 aromatic rings. The van der Waals surface area contributed by atoms with Crippen LogP contribution in [0.4, 0.5) is 5.69 Å². The van der Waals surface area contributed by atoms with Gasteiger partial charge in [0.1, 0.15) is 16.8 Å². The predicted octanol–water partition coefficient (Wildman–Crippen LogP) is 1.51. The van der Waals surface area contributed by atoms with Gasteiger partial charge in [0.2, 0.25) is 0 Å². The van der Waals surface area contributed by atoms with Crippen molar-refractivity contribution >= 4 is 28.3 Å². The fourth-order valence-electron chi connectivity index (χ4n) is 2.86. The van der Waals surface area contributed by atoms with Crippen LogP contribution in [0.25, 0.3) is 22.4 Å². The number of benzene rings is 1. The number of para-hydroxylation sites is 2. The topological polar surface area (TPSA) is 135 Å². The van der Waals surface area contributed by atoms with Crippen LogP contribution in [0, 0.1) is 10.1 Å². The molecule has 3 aromatic heterocycles. The Hall–Kier alpha value is -4.15. The molecule has 0 unspecified atom stereocenters. The molecule has 0 atom stereocenters. The van der Waals surface area contributed by atoms with Gasteiger partial charge in [-0.05, 0) is 19.1 Å². The third-order valence-electron chi connectivity index (χ3n) is 4.10. The van der Waals surface area contributed by atoms with Crippen LogP contribution in [0.15, 0.2) is 47.5 Å². The fraction of sp³-hybridized carbons (Fsp3) is 0.118. The summed E-state index contributed by atoms with van der Waals surface area (Å²) in [5.41, 5.74) is -0.190. The molecule has 4 rings (SSSR count). The smallest absolute Gasteiger partial charge is 0.343 e. The Morgan fingerprint density at radius 3 is 2.79 bits per heavy atom. The molecule has 140 valence electrons. The van der Waals surface area contributed by atoms with Crippen molar-refractivity contribution in [3.05, 3.63) is 68.8 Å². The van der Waals surface area contributed by atoms with Crippen LogP contribution in [-0.2, 0) is 4.74 Å². The second kappa shape index (κ2) is 6.54. The van der Waals surface area contributed by atoms with Crippen LogP contribution in [0.2, 0.25) is 0 Å². The highest BCUT2D eigenvalue weighted by atomic mass is 16.6. The summed E-state index contributed by atoms with van der Waals surface area (Å²) in [6, 6.07) is 7.39. The highest BCUT2D eigenvalue weighted by Crippen LogP contribution is 2.22. The Morgan fingerprint density at radius 2 is 2.04 bits per heavy atom. The van der Waals surface area contributed by atoms with E-state index < -0.39 is 16.5 Å². The normalized spacial score (nSPS) is 11.0. The van der Waals surface area contributed by atoms with Crippen molar-refractivity contribution in [3.63, 3.8) is 0 Å². The van der Waals surface area contributed by atoms with Crippen molar-refractivity contribution in [3.8, 4) is 5.69 Å². The summed E-state index contributed by atoms with van der Waals surface area (Å²) in [5, 5.41) is 23.2. The second-order valence-corrected chi connectivity index (χ2v) is 5.68. The summed E-state index contributed by atoms with van der Waals surface area (Å²) in [6.45, 7) is 1.87. The van der Waals surface area contributed by atoms with E-state index >= 15 is 0 Å². The molecule has 0 bridgehead atoms. The van der Waals surface area contributed by atoms with Crippen molar-refractivity contribution in [2.45, 2.75) is 6.92 Å². The largest absolute Gasteiger partial charge is 0.462 e. The van der Waals surface area contributed by atoms with E-state index in [4.69, 9.17) is 4.74 Å². The maximum atomic E-state index is 12.9. The Morgan fingerprint density at radius 1 is 1.25 bits per heavy atom. The lowest BCUT2D eigenvalue weighted by Crippen LogP contribution is -2.21. The van der Waals surface area contributed by atoms with Gasteiger partial charge in [-0.2, -0.15) is 5.10 Å². The van der Waals surface area contributed by atoms with Crippen molar-refractivity contribution in [2.75, 3.05) is 6.61 Å². The number of carbonyl (C=O) groups excluding carboxylic acids is 1. The zero-order chi connectivity index (χ0) is 19.8. The molecule has 28 heavy (non-hydrogen) atoms. The lowest BCUT2D eigenvalue weighted by atomic mass is 10.2. The maximum Gasteiger partial charge on any atom is 0.343 e. The zero-order valence-electron chi connectivity index (χ0n) is 14.5. The van der Waals surface area contributed by atoms with Gasteiger partial charge in [-0.3, -0.25) is 19.5 Å². The molecule has 0 amide bonds. The Bertz CT molecular complexity index is 1310. The zero-order valence-corrected chi connectivity index (χ0v) is 14.5. The summed E-state index contributed by atoms with van der Waals surface area (Å²) in [4.78, 5) is 35.6. The predicted molar refractivity (Wildman–Crippen MR) is 96.5 cm³/mol. The minimum Gasteiger partial charge on any atom is -0.462 e. The van der Waals surface area contributed by atoms with E-state index in [-0.39, 0.29) is 34.7 Å². The number of esters is 1. The molecule has 0 spiro atoms. The van der Waals surface area contributed by atoms with E-state index in [0.29, 0.717) is 5.52 Å². The molecule has 0 saturated carbocycles. The van der Waals surface area contributed by atoms with Gasteiger partial charge in [0.05, 0.1) is 17.7 Å². The number of nitro benzene ring substituents is 1. The lowest BCUT2D eigenvalue weighted by Gasteiger charge is -2.08. The van der Waals surface area contributed by atoms with Gasteiger partial charge < -0.3 is 4.74 Å². The van der Waals surface area contributed by atoms with Crippen LogP contribution in [0.1, 0.15) is 17.3 Å². The molecule has 11 nitrogen and oxygen atoms in total. The maximum absolute atomic E-state index is 12.9. The summed E-state index contributed by atoms with van der Waals surface area (Å²) < 4.78 is 7.38.